The van der Waals surface area contributed by atoms with Gasteiger partial charge in [-0.25, -0.2) is 0 Å². The summed E-state index contributed by atoms with van der Waals surface area (Å²) in [6.45, 7) is 3.73. The molecule has 0 bridgehead atoms. The highest BCUT2D eigenvalue weighted by Gasteiger charge is 2.41. The summed E-state index contributed by atoms with van der Waals surface area (Å²) in [4.78, 5) is 0. The normalized spacial score (nSPS) is 47.7. The highest BCUT2D eigenvalue weighted by atomic mass is 127. The van der Waals surface area contributed by atoms with Crippen molar-refractivity contribution in [2.45, 2.75) is 42.2 Å². The van der Waals surface area contributed by atoms with Gasteiger partial charge in [-0.3, -0.25) is 0 Å². The summed E-state index contributed by atoms with van der Waals surface area (Å²) >= 11 is 2.18. The zero-order valence-corrected chi connectivity index (χ0v) is 8.72. The molecular formula is C7H13IO3. The molecule has 2 unspecified atom stereocenters. The predicted octanol–water partition coefficient (Wildman–Crippen LogP) is 0.319. The molecule has 11 heavy (non-hydrogen) atoms. The van der Waals surface area contributed by atoms with Crippen LogP contribution in [0.25, 0.3) is 0 Å². The topological polar surface area (TPSA) is 49.7 Å². The Balaban J connectivity index is 2.59. The Morgan fingerprint density at radius 2 is 1.91 bits per heavy atom. The molecule has 1 heterocycles. The first kappa shape index (κ1) is 9.70. The van der Waals surface area contributed by atoms with Crippen LogP contribution in [0.5, 0.6) is 0 Å². The average Bonchev–Trinajstić information content (AvgIpc) is 2.17. The maximum Gasteiger partial charge on any atom is 0.110 e. The van der Waals surface area contributed by atoms with Crippen LogP contribution in [0, 0.1) is 0 Å². The van der Waals surface area contributed by atoms with E-state index in [1.165, 1.54) is 0 Å². The van der Waals surface area contributed by atoms with E-state index >= 15 is 0 Å². The lowest BCUT2D eigenvalue weighted by molar-refractivity contribution is 0.0206. The molecule has 1 rings (SSSR count). The Kier molecular flexibility index (Phi) is 3.13. The van der Waals surface area contributed by atoms with Crippen LogP contribution in [-0.2, 0) is 4.74 Å². The highest BCUT2D eigenvalue weighted by molar-refractivity contribution is 14.1. The minimum atomic E-state index is -0.725. The van der Waals surface area contributed by atoms with Crippen LogP contribution >= 0.6 is 22.6 Å². The van der Waals surface area contributed by atoms with Crippen molar-refractivity contribution in [3.8, 4) is 0 Å². The van der Waals surface area contributed by atoms with Gasteiger partial charge in [-0.05, 0) is 6.92 Å². The van der Waals surface area contributed by atoms with Gasteiger partial charge in [0.1, 0.15) is 12.2 Å². The smallest absolute Gasteiger partial charge is 0.110 e. The molecule has 2 N–H and O–H groups in total. The minimum absolute atomic E-state index is 0.222. The summed E-state index contributed by atoms with van der Waals surface area (Å²) in [5.74, 6) is 0. The monoisotopic (exact) mass is 272 g/mol. The summed E-state index contributed by atoms with van der Waals surface area (Å²) in [5.41, 5.74) is 0. The number of halogens is 1. The van der Waals surface area contributed by atoms with E-state index in [1.54, 1.807) is 6.92 Å². The number of hydrogen-bond acceptors (Lipinski definition) is 3. The van der Waals surface area contributed by atoms with Crippen molar-refractivity contribution < 1.29 is 14.9 Å². The first-order valence-electron chi connectivity index (χ1n) is 3.69. The van der Waals surface area contributed by atoms with Crippen molar-refractivity contribution in [1.82, 2.24) is 0 Å². The molecule has 0 radical (unpaired) electrons. The van der Waals surface area contributed by atoms with Gasteiger partial charge in [0, 0.05) is 3.92 Å². The van der Waals surface area contributed by atoms with Crippen LogP contribution < -0.4 is 0 Å². The summed E-state index contributed by atoms with van der Waals surface area (Å²) in [6, 6.07) is 0. The first-order chi connectivity index (χ1) is 5.04. The van der Waals surface area contributed by atoms with Crippen molar-refractivity contribution in [3.63, 3.8) is 0 Å². The lowest BCUT2D eigenvalue weighted by atomic mass is 10.1. The van der Waals surface area contributed by atoms with E-state index in [4.69, 9.17) is 4.74 Å². The Morgan fingerprint density at radius 1 is 1.36 bits per heavy atom. The van der Waals surface area contributed by atoms with E-state index in [9.17, 15) is 10.2 Å². The van der Waals surface area contributed by atoms with Crippen LogP contribution in [0.2, 0.25) is 0 Å². The quantitative estimate of drug-likeness (QED) is 0.534. The van der Waals surface area contributed by atoms with Gasteiger partial charge in [-0.1, -0.05) is 29.5 Å². The fourth-order valence-corrected chi connectivity index (χ4v) is 1.86. The van der Waals surface area contributed by atoms with Gasteiger partial charge in [0.2, 0.25) is 0 Å². The van der Waals surface area contributed by atoms with Gasteiger partial charge in [0.25, 0.3) is 0 Å². The van der Waals surface area contributed by atoms with Crippen molar-refractivity contribution >= 4 is 22.6 Å². The lowest BCUT2D eigenvalue weighted by Crippen LogP contribution is -2.35. The second kappa shape index (κ2) is 3.55. The molecule has 0 aromatic rings. The standard InChI is InChI=1S/C7H13IO3/c1-3(8)7-6(10)5(9)4(2)11-7/h3-7,9-10H,1-2H3/t3?,4-,5?,6+,7+/m0/s1. The number of ether oxygens (including phenoxy) is 1. The van der Waals surface area contributed by atoms with E-state index in [-0.39, 0.29) is 16.1 Å². The van der Waals surface area contributed by atoms with Crippen LogP contribution in [0.1, 0.15) is 13.8 Å². The molecule has 4 heteroatoms. The van der Waals surface area contributed by atoms with Gasteiger partial charge >= 0.3 is 0 Å². The predicted molar refractivity (Wildman–Crippen MR) is 49.8 cm³/mol. The highest BCUT2D eigenvalue weighted by Crippen LogP contribution is 2.26. The molecule has 0 saturated carbocycles. The Labute approximate surface area is 79.9 Å². The fraction of sp³-hybridized carbons (Fsp3) is 1.00. The number of aliphatic hydroxyl groups excluding tert-OH is 2. The zero-order chi connectivity index (χ0) is 8.59. The van der Waals surface area contributed by atoms with Gasteiger partial charge < -0.3 is 14.9 Å². The van der Waals surface area contributed by atoms with Gasteiger partial charge in [-0.2, -0.15) is 0 Å². The van der Waals surface area contributed by atoms with Gasteiger partial charge in [0.05, 0.1) is 12.2 Å². The molecule has 0 aromatic heterocycles. The number of aliphatic hydroxyl groups is 2. The van der Waals surface area contributed by atoms with Gasteiger partial charge in [-0.15, -0.1) is 0 Å². The van der Waals surface area contributed by atoms with Crippen molar-refractivity contribution in [2.75, 3.05) is 0 Å². The van der Waals surface area contributed by atoms with Crippen LogP contribution in [0.3, 0.4) is 0 Å². The maximum absolute atomic E-state index is 9.42. The van der Waals surface area contributed by atoms with E-state index in [0.29, 0.717) is 0 Å². The number of hydrogen-bond donors (Lipinski definition) is 2. The summed E-state index contributed by atoms with van der Waals surface area (Å²) in [5, 5.41) is 18.7. The van der Waals surface area contributed by atoms with Crippen molar-refractivity contribution in [2.24, 2.45) is 0 Å². The molecule has 1 aliphatic rings. The van der Waals surface area contributed by atoms with Crippen LogP contribution in [0.15, 0.2) is 0 Å². The van der Waals surface area contributed by atoms with Crippen molar-refractivity contribution in [3.05, 3.63) is 0 Å². The molecular weight excluding hydrogens is 259 g/mol. The molecule has 0 aromatic carbocycles. The first-order valence-corrected chi connectivity index (χ1v) is 4.94. The van der Waals surface area contributed by atoms with E-state index in [0.717, 1.165) is 0 Å². The number of alkyl halides is 1. The molecule has 3 nitrogen and oxygen atoms in total. The SMILES string of the molecule is CC(I)[C@H]1O[C@@H](C)C(O)[C@H]1O. The van der Waals surface area contributed by atoms with Crippen LogP contribution in [-0.4, -0.2) is 38.6 Å². The lowest BCUT2D eigenvalue weighted by Gasteiger charge is -2.16. The Hall–Kier alpha value is 0.610. The zero-order valence-electron chi connectivity index (χ0n) is 6.57. The second-order valence-corrected chi connectivity index (χ2v) is 4.93. The average molecular weight is 272 g/mol. The van der Waals surface area contributed by atoms with E-state index in [2.05, 4.69) is 22.6 Å². The Morgan fingerprint density at radius 3 is 2.09 bits per heavy atom. The summed E-state index contributed by atoms with van der Waals surface area (Å²) in [7, 11) is 0. The molecule has 1 aliphatic heterocycles. The minimum Gasteiger partial charge on any atom is -0.388 e. The molecule has 0 amide bonds. The van der Waals surface area contributed by atoms with E-state index in [1.807, 2.05) is 6.92 Å². The van der Waals surface area contributed by atoms with Crippen LogP contribution in [0.4, 0.5) is 0 Å². The molecule has 5 atom stereocenters. The third-order valence-electron chi connectivity index (χ3n) is 1.99. The molecule has 66 valence electrons. The molecule has 0 spiro atoms. The van der Waals surface area contributed by atoms with E-state index < -0.39 is 12.2 Å². The summed E-state index contributed by atoms with van der Waals surface area (Å²) < 4.78 is 5.56. The molecule has 1 saturated heterocycles. The van der Waals surface area contributed by atoms with Crippen molar-refractivity contribution in [1.29, 1.82) is 0 Å². The third-order valence-corrected chi connectivity index (χ3v) is 2.70. The molecule has 1 fully saturated rings. The molecule has 0 aliphatic carbocycles. The second-order valence-electron chi connectivity index (χ2n) is 2.96. The number of rotatable bonds is 1. The van der Waals surface area contributed by atoms with Gasteiger partial charge in [0.15, 0.2) is 0 Å². The largest absolute Gasteiger partial charge is 0.388 e. The maximum atomic E-state index is 9.42. The summed E-state index contributed by atoms with van der Waals surface area (Å²) in [6.07, 6.45) is -1.91. The fourth-order valence-electron chi connectivity index (χ4n) is 1.26. The Bertz CT molecular complexity index is 140. The third kappa shape index (κ3) is 1.85.